The Morgan fingerprint density at radius 2 is 1.78 bits per heavy atom. The van der Waals surface area contributed by atoms with E-state index in [4.69, 9.17) is 4.79 Å². The van der Waals surface area contributed by atoms with Gasteiger partial charge < -0.3 is 14.5 Å². The summed E-state index contributed by atoms with van der Waals surface area (Å²) in [6.07, 6.45) is 7.92. The standard InChI is InChI=1S/C24H25FN2O.C2H6.CH2O/c1-3-20(24-12-10-22(25)15-21(24)13-14-28)16-27-17-23(26-18(27)2)11-9-19-7-5-4-6-8-19;2*1-2/h3-8,10,12,15-17,28H,1,9,11,13-14H2,2H3;1-2H3;1H2/b20-16+;;. The summed E-state index contributed by atoms with van der Waals surface area (Å²) in [7, 11) is 0. The number of aliphatic hydroxyl groups excluding tert-OH is 1. The highest BCUT2D eigenvalue weighted by molar-refractivity contribution is 5.83. The molecule has 170 valence electrons. The van der Waals surface area contributed by atoms with Gasteiger partial charge in [0.1, 0.15) is 18.4 Å². The number of carbonyl (C=O) groups is 1. The zero-order valence-electron chi connectivity index (χ0n) is 19.2. The van der Waals surface area contributed by atoms with E-state index in [-0.39, 0.29) is 12.4 Å². The number of hydrogen-bond donors (Lipinski definition) is 1. The predicted molar refractivity (Wildman–Crippen MR) is 131 cm³/mol. The molecule has 0 saturated heterocycles. The Morgan fingerprint density at radius 1 is 1.09 bits per heavy atom. The van der Waals surface area contributed by atoms with Crippen molar-refractivity contribution in [1.82, 2.24) is 9.55 Å². The molecule has 0 saturated carbocycles. The van der Waals surface area contributed by atoms with Crippen LogP contribution < -0.4 is 0 Å². The van der Waals surface area contributed by atoms with Crippen LogP contribution in [-0.2, 0) is 24.1 Å². The third-order valence-corrected chi connectivity index (χ3v) is 4.74. The first-order valence-electron chi connectivity index (χ1n) is 10.7. The van der Waals surface area contributed by atoms with Crippen molar-refractivity contribution in [3.63, 3.8) is 0 Å². The third kappa shape index (κ3) is 7.75. The van der Waals surface area contributed by atoms with E-state index < -0.39 is 0 Å². The van der Waals surface area contributed by atoms with Crippen molar-refractivity contribution in [1.29, 1.82) is 0 Å². The molecule has 2 aromatic carbocycles. The van der Waals surface area contributed by atoms with Gasteiger partial charge in [0, 0.05) is 19.0 Å². The zero-order valence-corrected chi connectivity index (χ0v) is 19.2. The number of carbonyl (C=O) groups excluding carboxylic acids is 1. The maximum absolute atomic E-state index is 13.6. The molecule has 0 amide bonds. The molecule has 3 aromatic rings. The Morgan fingerprint density at radius 3 is 2.41 bits per heavy atom. The number of nitrogens with zero attached hydrogens (tertiary/aromatic N) is 2. The fourth-order valence-electron chi connectivity index (χ4n) is 3.27. The number of allylic oxidation sites excluding steroid dienone is 2. The lowest BCUT2D eigenvalue weighted by Crippen LogP contribution is -1.99. The Balaban J connectivity index is 0.00000121. The molecule has 1 aromatic heterocycles. The molecular weight excluding hydrogens is 403 g/mol. The first kappa shape index (κ1) is 26.7. The third-order valence-electron chi connectivity index (χ3n) is 4.74. The average molecular weight is 437 g/mol. The highest BCUT2D eigenvalue weighted by Gasteiger charge is 2.09. The Kier molecular flexibility index (Phi) is 12.2. The van der Waals surface area contributed by atoms with E-state index in [1.807, 2.05) is 62.7 Å². The maximum atomic E-state index is 13.6. The van der Waals surface area contributed by atoms with E-state index in [1.54, 1.807) is 12.1 Å². The summed E-state index contributed by atoms with van der Waals surface area (Å²) in [6, 6.07) is 15.0. The lowest BCUT2D eigenvalue weighted by molar-refractivity contribution is -0.0979. The lowest BCUT2D eigenvalue weighted by atomic mass is 9.98. The second-order valence-corrected chi connectivity index (χ2v) is 6.74. The monoisotopic (exact) mass is 436 g/mol. The Bertz CT molecular complexity index is 994. The minimum atomic E-state index is -0.308. The van der Waals surface area contributed by atoms with Crippen LogP contribution in [-0.4, -0.2) is 28.1 Å². The van der Waals surface area contributed by atoms with Crippen molar-refractivity contribution in [3.8, 4) is 0 Å². The van der Waals surface area contributed by atoms with Crippen LogP contribution in [0.4, 0.5) is 4.39 Å². The molecule has 0 fully saturated rings. The van der Waals surface area contributed by atoms with Crippen LogP contribution in [0, 0.1) is 12.7 Å². The van der Waals surface area contributed by atoms with Gasteiger partial charge in [-0.2, -0.15) is 0 Å². The van der Waals surface area contributed by atoms with Crippen LogP contribution in [0.1, 0.15) is 42.1 Å². The number of aliphatic hydroxyl groups is 1. The van der Waals surface area contributed by atoms with Gasteiger partial charge in [0.15, 0.2) is 0 Å². The molecule has 5 heteroatoms. The molecule has 0 aliphatic carbocycles. The molecule has 1 heterocycles. The predicted octanol–water partition coefficient (Wildman–Crippen LogP) is 5.68. The minimum Gasteiger partial charge on any atom is -0.396 e. The molecule has 0 atom stereocenters. The molecule has 0 radical (unpaired) electrons. The number of benzene rings is 2. The SMILES string of the molecule is C=C/C(=C\n1cc(CCc2ccccc2)nc1C)c1ccc(F)cc1CCO.C=O.CC. The normalized spacial score (nSPS) is 10.5. The van der Waals surface area contributed by atoms with Gasteiger partial charge in [-0.25, -0.2) is 9.37 Å². The van der Waals surface area contributed by atoms with E-state index in [2.05, 4.69) is 23.7 Å². The van der Waals surface area contributed by atoms with Gasteiger partial charge in [-0.15, -0.1) is 0 Å². The van der Waals surface area contributed by atoms with Gasteiger partial charge in [-0.1, -0.05) is 62.9 Å². The molecular formula is C27H33FN2O2. The first-order chi connectivity index (χ1) is 15.6. The van der Waals surface area contributed by atoms with Crippen molar-refractivity contribution in [2.45, 2.75) is 40.0 Å². The van der Waals surface area contributed by atoms with Crippen molar-refractivity contribution < 1.29 is 14.3 Å². The van der Waals surface area contributed by atoms with Gasteiger partial charge in [0.2, 0.25) is 0 Å². The second kappa shape index (κ2) is 14.7. The van der Waals surface area contributed by atoms with E-state index >= 15 is 0 Å². The maximum Gasteiger partial charge on any atom is 0.123 e. The topological polar surface area (TPSA) is 55.1 Å². The Hall–Kier alpha value is -3.31. The number of rotatable bonds is 8. The number of aromatic nitrogens is 2. The fraction of sp³-hybridized carbons (Fsp3) is 0.259. The number of aryl methyl sites for hydroxylation is 3. The number of halogens is 1. The summed E-state index contributed by atoms with van der Waals surface area (Å²) >= 11 is 0. The molecule has 3 rings (SSSR count). The first-order valence-corrected chi connectivity index (χ1v) is 10.7. The summed E-state index contributed by atoms with van der Waals surface area (Å²) < 4.78 is 15.6. The Labute approximate surface area is 190 Å². The summed E-state index contributed by atoms with van der Waals surface area (Å²) in [5.41, 5.74) is 4.80. The van der Waals surface area contributed by atoms with Crippen LogP contribution in [0.5, 0.6) is 0 Å². The van der Waals surface area contributed by atoms with Gasteiger partial charge in [-0.05, 0) is 60.6 Å². The molecule has 4 nitrogen and oxygen atoms in total. The molecule has 0 spiro atoms. The molecule has 32 heavy (non-hydrogen) atoms. The molecule has 0 bridgehead atoms. The van der Waals surface area contributed by atoms with Gasteiger partial charge >= 0.3 is 0 Å². The quantitative estimate of drug-likeness (QED) is 0.463. The van der Waals surface area contributed by atoms with Crippen LogP contribution in [0.25, 0.3) is 11.8 Å². The van der Waals surface area contributed by atoms with Crippen molar-refractivity contribution in [3.05, 3.63) is 101 Å². The highest BCUT2D eigenvalue weighted by atomic mass is 19.1. The largest absolute Gasteiger partial charge is 0.396 e. The van der Waals surface area contributed by atoms with Crippen LogP contribution in [0.2, 0.25) is 0 Å². The smallest absolute Gasteiger partial charge is 0.123 e. The van der Waals surface area contributed by atoms with Gasteiger partial charge in [-0.3, -0.25) is 0 Å². The molecule has 1 N–H and O–H groups in total. The highest BCUT2D eigenvalue weighted by Crippen LogP contribution is 2.23. The second-order valence-electron chi connectivity index (χ2n) is 6.74. The molecule has 0 unspecified atom stereocenters. The molecule has 0 aliphatic heterocycles. The van der Waals surface area contributed by atoms with E-state index in [0.29, 0.717) is 6.42 Å². The van der Waals surface area contributed by atoms with Crippen LogP contribution in [0.3, 0.4) is 0 Å². The summed E-state index contributed by atoms with van der Waals surface area (Å²) in [4.78, 5) is 12.7. The summed E-state index contributed by atoms with van der Waals surface area (Å²) in [6.45, 7) is 11.8. The average Bonchev–Trinajstić information content (AvgIpc) is 3.19. The van der Waals surface area contributed by atoms with E-state index in [9.17, 15) is 9.50 Å². The minimum absolute atomic E-state index is 0.0331. The summed E-state index contributed by atoms with van der Waals surface area (Å²) in [5, 5.41) is 9.30. The van der Waals surface area contributed by atoms with Crippen molar-refractivity contribution >= 4 is 18.6 Å². The van der Waals surface area contributed by atoms with Gasteiger partial charge in [0.05, 0.1) is 5.69 Å². The zero-order chi connectivity index (χ0) is 23.9. The van der Waals surface area contributed by atoms with Crippen molar-refractivity contribution in [2.75, 3.05) is 6.61 Å². The fourth-order valence-corrected chi connectivity index (χ4v) is 3.27. The molecule has 0 aliphatic rings. The van der Waals surface area contributed by atoms with Crippen molar-refractivity contribution in [2.24, 2.45) is 0 Å². The lowest BCUT2D eigenvalue weighted by Gasteiger charge is -2.10. The number of imidazole rings is 1. The van der Waals surface area contributed by atoms with E-state index in [0.717, 1.165) is 41.1 Å². The van der Waals surface area contributed by atoms with Crippen LogP contribution in [0.15, 0.2) is 67.4 Å². The number of hydrogen-bond acceptors (Lipinski definition) is 3. The summed E-state index contributed by atoms with van der Waals surface area (Å²) in [5.74, 6) is 0.575. The van der Waals surface area contributed by atoms with Crippen LogP contribution >= 0.6 is 0 Å². The van der Waals surface area contributed by atoms with E-state index in [1.165, 1.54) is 17.7 Å². The van der Waals surface area contributed by atoms with Gasteiger partial charge in [0.25, 0.3) is 0 Å².